The molecule has 236 valence electrons. The van der Waals surface area contributed by atoms with Gasteiger partial charge in [-0.25, -0.2) is 13.2 Å². The Morgan fingerprint density at radius 3 is 2.76 bits per heavy atom. The number of fused-ring (bicyclic) bond motifs is 3. The number of hydrogen-bond acceptors (Lipinski definition) is 8. The minimum atomic E-state index is -0.900. The number of nitrogens with one attached hydrogen (secondary N) is 1. The summed E-state index contributed by atoms with van der Waals surface area (Å²) in [5, 5.41) is 15.7. The average Bonchev–Trinajstić information content (AvgIpc) is 3.55. The van der Waals surface area contributed by atoms with Crippen LogP contribution in [0.15, 0.2) is 30.5 Å². The van der Waals surface area contributed by atoms with Gasteiger partial charge in [0.15, 0.2) is 5.82 Å². The number of rotatable bonds is 6. The number of nitrogens with zero attached hydrogens (tertiary/aromatic N) is 5. The van der Waals surface area contributed by atoms with Crippen molar-refractivity contribution in [3.8, 4) is 23.0 Å². The molecule has 3 atom stereocenters. The molecular formula is C34H37F3N6O2. The van der Waals surface area contributed by atoms with Crippen LogP contribution in [-0.2, 0) is 6.42 Å². The van der Waals surface area contributed by atoms with Gasteiger partial charge in [-0.15, -0.1) is 0 Å². The van der Waals surface area contributed by atoms with E-state index in [0.717, 1.165) is 58.3 Å². The minimum Gasteiger partial charge on any atom is -0.508 e. The lowest BCUT2D eigenvalue weighted by molar-refractivity contribution is 0.107. The monoisotopic (exact) mass is 618 g/mol. The van der Waals surface area contributed by atoms with Crippen molar-refractivity contribution in [2.24, 2.45) is 0 Å². The Hall–Kier alpha value is -3.70. The third kappa shape index (κ3) is 4.69. The van der Waals surface area contributed by atoms with Gasteiger partial charge in [-0.05, 0) is 86.1 Å². The first-order valence-electron chi connectivity index (χ1n) is 16.1. The number of anilines is 1. The molecule has 4 fully saturated rings. The zero-order chi connectivity index (χ0) is 30.9. The van der Waals surface area contributed by atoms with Crippen molar-refractivity contribution < 1.29 is 23.0 Å². The number of ether oxygens (including phenoxy) is 1. The fourth-order valence-corrected chi connectivity index (χ4v) is 8.33. The molecule has 0 bridgehead atoms. The fraction of sp³-hybridized carbons (Fsp3) is 0.500. The summed E-state index contributed by atoms with van der Waals surface area (Å²) in [7, 11) is 0. The SMILES string of the molecule is CCc1c(F)ccc2cc(O)cc(-c3ncc4c(N5CCCC6(CCN6)C5)nc(OC[C@@]56CCCN5C[C@H](F)C6)nc4c3F)c12. The highest BCUT2D eigenvalue weighted by Crippen LogP contribution is 2.42. The molecule has 4 saturated heterocycles. The van der Waals surface area contributed by atoms with E-state index in [-0.39, 0.29) is 35.1 Å². The lowest BCUT2D eigenvalue weighted by Gasteiger charge is -2.50. The molecule has 0 amide bonds. The standard InChI is InChI=1S/C34H37F3N6O2/c1-2-23-26(36)6-5-20-13-22(44)14-24(27(20)23)29-28(37)30-25(16-38-29)31(42-11-3-7-33(18-42)9-10-39-33)41-32(40-30)45-19-34-8-4-12-43(34)17-21(35)15-34/h5-6,13-14,16,21,39,44H,2-4,7-12,15,17-19H2,1H3/t21-,33?,34+/m1/s1. The van der Waals surface area contributed by atoms with Gasteiger partial charge in [0.25, 0.3) is 0 Å². The maximum Gasteiger partial charge on any atom is 0.319 e. The maximum absolute atomic E-state index is 16.8. The number of benzene rings is 2. The number of alkyl halides is 1. The Kier molecular flexibility index (Phi) is 6.83. The molecule has 2 N–H and O–H groups in total. The van der Waals surface area contributed by atoms with Gasteiger partial charge < -0.3 is 20.1 Å². The van der Waals surface area contributed by atoms with Crippen molar-refractivity contribution in [1.82, 2.24) is 25.2 Å². The van der Waals surface area contributed by atoms with Crippen LogP contribution in [0.25, 0.3) is 32.9 Å². The van der Waals surface area contributed by atoms with Crippen molar-refractivity contribution in [2.45, 2.75) is 69.1 Å². The van der Waals surface area contributed by atoms with Crippen LogP contribution in [-0.4, -0.2) is 81.5 Å². The Morgan fingerprint density at radius 2 is 1.96 bits per heavy atom. The molecule has 6 heterocycles. The van der Waals surface area contributed by atoms with Crippen LogP contribution >= 0.6 is 0 Å². The van der Waals surface area contributed by atoms with E-state index >= 15 is 4.39 Å². The van der Waals surface area contributed by atoms with Crippen molar-refractivity contribution >= 4 is 27.5 Å². The van der Waals surface area contributed by atoms with Gasteiger partial charge in [-0.3, -0.25) is 9.88 Å². The normalized spacial score (nSPS) is 26.6. The molecule has 4 aliphatic rings. The Labute approximate surface area is 259 Å². The summed E-state index contributed by atoms with van der Waals surface area (Å²) in [6.07, 6.45) is 6.35. The smallest absolute Gasteiger partial charge is 0.319 e. The second-order valence-electron chi connectivity index (χ2n) is 13.3. The molecule has 2 aromatic heterocycles. The molecule has 2 aromatic carbocycles. The van der Waals surface area contributed by atoms with Crippen molar-refractivity contribution in [3.63, 3.8) is 0 Å². The molecule has 8 rings (SSSR count). The van der Waals surface area contributed by atoms with E-state index in [4.69, 9.17) is 9.72 Å². The topological polar surface area (TPSA) is 86.6 Å². The highest BCUT2D eigenvalue weighted by Gasteiger charge is 2.49. The summed E-state index contributed by atoms with van der Waals surface area (Å²) in [6, 6.07) is 5.95. The van der Waals surface area contributed by atoms with Crippen molar-refractivity contribution in [3.05, 3.63) is 47.7 Å². The molecule has 4 aliphatic heterocycles. The summed E-state index contributed by atoms with van der Waals surface area (Å²) < 4.78 is 52.5. The van der Waals surface area contributed by atoms with E-state index in [1.165, 1.54) is 12.1 Å². The lowest BCUT2D eigenvalue weighted by atomic mass is 9.80. The van der Waals surface area contributed by atoms with Gasteiger partial charge in [-0.1, -0.05) is 13.0 Å². The molecule has 1 spiro atoms. The van der Waals surface area contributed by atoms with E-state index < -0.39 is 23.3 Å². The van der Waals surface area contributed by atoms with Crippen LogP contribution in [0.3, 0.4) is 0 Å². The number of aryl methyl sites for hydroxylation is 1. The third-order valence-electron chi connectivity index (χ3n) is 10.6. The number of phenols is 1. The Bertz CT molecular complexity index is 1820. The largest absolute Gasteiger partial charge is 0.508 e. The summed E-state index contributed by atoms with van der Waals surface area (Å²) >= 11 is 0. The van der Waals surface area contributed by atoms with Crippen molar-refractivity contribution in [1.29, 1.82) is 0 Å². The number of pyridine rings is 1. The van der Waals surface area contributed by atoms with Gasteiger partial charge in [0, 0.05) is 43.4 Å². The van der Waals surface area contributed by atoms with Crippen molar-refractivity contribution in [2.75, 3.05) is 44.2 Å². The number of halogens is 3. The number of aromatic hydroxyl groups is 1. The van der Waals surface area contributed by atoms with Crippen LogP contribution < -0.4 is 15.0 Å². The number of hydrogen-bond donors (Lipinski definition) is 2. The van der Waals surface area contributed by atoms with Crippen LogP contribution in [0.4, 0.5) is 19.0 Å². The molecule has 8 nitrogen and oxygen atoms in total. The highest BCUT2D eigenvalue weighted by atomic mass is 19.1. The van der Waals surface area contributed by atoms with Crippen LogP contribution in [0.1, 0.15) is 51.0 Å². The van der Waals surface area contributed by atoms with E-state index in [9.17, 15) is 13.9 Å². The van der Waals surface area contributed by atoms with E-state index in [0.29, 0.717) is 52.5 Å². The zero-order valence-corrected chi connectivity index (χ0v) is 25.4. The van der Waals surface area contributed by atoms with Crippen LogP contribution in [0.2, 0.25) is 0 Å². The minimum absolute atomic E-state index is 0.00681. The number of aromatic nitrogens is 3. The molecule has 1 unspecified atom stereocenters. The van der Waals surface area contributed by atoms with E-state index in [2.05, 4.69) is 25.1 Å². The maximum atomic E-state index is 16.8. The van der Waals surface area contributed by atoms with Gasteiger partial charge >= 0.3 is 6.01 Å². The second kappa shape index (κ2) is 10.7. The fourth-order valence-electron chi connectivity index (χ4n) is 8.33. The van der Waals surface area contributed by atoms with Crippen LogP contribution in [0.5, 0.6) is 11.8 Å². The highest BCUT2D eigenvalue weighted by molar-refractivity contribution is 6.01. The molecule has 0 saturated carbocycles. The predicted molar refractivity (Wildman–Crippen MR) is 167 cm³/mol. The molecule has 4 aromatic rings. The van der Waals surface area contributed by atoms with Gasteiger partial charge in [0.1, 0.15) is 41.4 Å². The first-order chi connectivity index (χ1) is 21.8. The summed E-state index contributed by atoms with van der Waals surface area (Å²) in [4.78, 5) is 18.3. The molecule has 45 heavy (non-hydrogen) atoms. The molecule has 0 radical (unpaired) electrons. The van der Waals surface area contributed by atoms with E-state index in [1.54, 1.807) is 18.3 Å². The molecule has 11 heteroatoms. The quantitative estimate of drug-likeness (QED) is 0.286. The summed E-state index contributed by atoms with van der Waals surface area (Å²) in [5.41, 5.74) is 0.318. The molecule has 0 aliphatic carbocycles. The summed E-state index contributed by atoms with van der Waals surface area (Å²) in [5.74, 6) is -0.616. The Balaban J connectivity index is 1.27. The zero-order valence-electron chi connectivity index (χ0n) is 25.4. The molecular weight excluding hydrogens is 581 g/mol. The number of phenolic OH excluding ortho intramolecular Hbond substituents is 1. The van der Waals surface area contributed by atoms with E-state index in [1.807, 2.05) is 6.92 Å². The van der Waals surface area contributed by atoms with Gasteiger partial charge in [-0.2, -0.15) is 9.97 Å². The Morgan fingerprint density at radius 1 is 1.11 bits per heavy atom. The number of piperidine rings is 1. The van der Waals surface area contributed by atoms with Gasteiger partial charge in [0.05, 0.1) is 10.9 Å². The second-order valence-corrected chi connectivity index (χ2v) is 13.3. The lowest BCUT2D eigenvalue weighted by Crippen LogP contribution is -2.65. The summed E-state index contributed by atoms with van der Waals surface area (Å²) in [6.45, 7) is 5.73. The predicted octanol–water partition coefficient (Wildman–Crippen LogP) is 5.68. The first-order valence-corrected chi connectivity index (χ1v) is 16.1. The first kappa shape index (κ1) is 28.8. The average molecular weight is 619 g/mol. The third-order valence-corrected chi connectivity index (χ3v) is 10.6. The van der Waals surface area contributed by atoms with Gasteiger partial charge in [0.2, 0.25) is 0 Å². The van der Waals surface area contributed by atoms with Crippen LogP contribution in [0, 0.1) is 11.6 Å².